The normalized spacial score (nSPS) is 12.8. The average molecular weight is 411 g/mol. The zero-order valence-electron chi connectivity index (χ0n) is 16.4. The minimum Gasteiger partial charge on any atom is -0.387 e. The first-order valence-electron chi connectivity index (χ1n) is 9.44. The quantitative estimate of drug-likeness (QED) is 0.596. The van der Waals surface area contributed by atoms with E-state index in [1.54, 1.807) is 19.1 Å². The van der Waals surface area contributed by atoms with Crippen LogP contribution in [0.4, 0.5) is 0 Å². The number of benzene rings is 3. The summed E-state index contributed by atoms with van der Waals surface area (Å²) in [4.78, 5) is 2.19. The van der Waals surface area contributed by atoms with Gasteiger partial charge in [-0.3, -0.25) is 4.90 Å². The van der Waals surface area contributed by atoms with Gasteiger partial charge in [-0.1, -0.05) is 72.8 Å². The summed E-state index contributed by atoms with van der Waals surface area (Å²) in [5.74, 6) is 0. The highest BCUT2D eigenvalue weighted by molar-refractivity contribution is 7.89. The molecule has 0 fully saturated rings. The fourth-order valence-electron chi connectivity index (χ4n) is 3.35. The molecule has 0 aliphatic heterocycles. The molecule has 0 bridgehead atoms. The van der Waals surface area contributed by atoms with E-state index >= 15 is 0 Å². The maximum atomic E-state index is 11.8. The van der Waals surface area contributed by atoms with Crippen molar-refractivity contribution < 1.29 is 13.5 Å². The Kier molecular flexibility index (Phi) is 6.82. The van der Waals surface area contributed by atoms with Crippen LogP contribution >= 0.6 is 0 Å². The van der Waals surface area contributed by atoms with E-state index in [1.807, 2.05) is 36.4 Å². The molecule has 0 aliphatic rings. The number of rotatable bonds is 8. The molecule has 0 spiro atoms. The lowest BCUT2D eigenvalue weighted by Gasteiger charge is -2.26. The second kappa shape index (κ2) is 9.33. The first-order chi connectivity index (χ1) is 13.8. The summed E-state index contributed by atoms with van der Waals surface area (Å²) >= 11 is 0. The molecule has 29 heavy (non-hydrogen) atoms. The third-order valence-corrected chi connectivity index (χ3v) is 5.89. The van der Waals surface area contributed by atoms with Gasteiger partial charge in [-0.25, -0.2) is 13.6 Å². The van der Waals surface area contributed by atoms with Gasteiger partial charge in [-0.2, -0.15) is 0 Å². The van der Waals surface area contributed by atoms with Crippen molar-refractivity contribution in [1.29, 1.82) is 0 Å². The molecule has 152 valence electrons. The van der Waals surface area contributed by atoms with Crippen molar-refractivity contribution in [2.75, 3.05) is 6.54 Å². The Labute approximate surface area is 172 Å². The summed E-state index contributed by atoms with van der Waals surface area (Å²) in [6, 6.07) is 25.0. The fraction of sp³-hybridized carbons (Fsp3) is 0.217. The van der Waals surface area contributed by atoms with Crippen LogP contribution in [-0.2, 0) is 23.1 Å². The number of nitrogens with zero attached hydrogens (tertiary/aromatic N) is 1. The van der Waals surface area contributed by atoms with Crippen LogP contribution in [0, 0.1) is 6.92 Å². The molecule has 0 aromatic heterocycles. The molecule has 0 amide bonds. The number of aryl methyl sites for hydroxylation is 1. The summed E-state index contributed by atoms with van der Waals surface area (Å²) in [5.41, 5.74) is 3.38. The predicted molar refractivity (Wildman–Crippen MR) is 115 cm³/mol. The summed E-state index contributed by atoms with van der Waals surface area (Å²) < 4.78 is 23.6. The Morgan fingerprint density at radius 2 is 1.41 bits per heavy atom. The number of nitrogens with two attached hydrogens (primary N) is 1. The molecule has 3 N–H and O–H groups in total. The number of aliphatic hydroxyl groups excluding tert-OH is 1. The van der Waals surface area contributed by atoms with Crippen LogP contribution < -0.4 is 5.14 Å². The lowest BCUT2D eigenvalue weighted by molar-refractivity contribution is 0.105. The molecule has 0 radical (unpaired) electrons. The molecule has 6 heteroatoms. The Morgan fingerprint density at radius 1 is 0.897 bits per heavy atom. The van der Waals surface area contributed by atoms with Crippen LogP contribution in [0.25, 0.3) is 0 Å². The summed E-state index contributed by atoms with van der Waals surface area (Å²) in [6.07, 6.45) is -0.844. The molecule has 0 unspecified atom stereocenters. The second-order valence-electron chi connectivity index (χ2n) is 7.23. The minimum atomic E-state index is -3.84. The van der Waals surface area contributed by atoms with Gasteiger partial charge < -0.3 is 5.11 Å². The monoisotopic (exact) mass is 410 g/mol. The summed E-state index contributed by atoms with van der Waals surface area (Å²) in [7, 11) is -3.84. The van der Waals surface area contributed by atoms with E-state index in [1.165, 1.54) is 6.07 Å². The first kappa shape index (κ1) is 21.2. The van der Waals surface area contributed by atoms with Crippen LogP contribution in [0.3, 0.4) is 0 Å². The van der Waals surface area contributed by atoms with E-state index in [0.717, 1.165) is 11.1 Å². The maximum Gasteiger partial charge on any atom is 0.238 e. The van der Waals surface area contributed by atoms with Crippen LogP contribution in [0.2, 0.25) is 0 Å². The zero-order chi connectivity index (χ0) is 20.9. The lowest BCUT2D eigenvalue weighted by Crippen LogP contribution is -2.28. The third kappa shape index (κ3) is 5.98. The molecule has 3 rings (SSSR count). The van der Waals surface area contributed by atoms with Gasteiger partial charge in [0.15, 0.2) is 0 Å². The number of primary sulfonamides is 1. The predicted octanol–water partition coefficient (Wildman–Crippen LogP) is 3.38. The number of aliphatic hydroxyl groups is 1. The number of sulfonamides is 1. The lowest BCUT2D eigenvalue weighted by atomic mass is 10.1. The molecule has 3 aromatic rings. The molecule has 1 atom stereocenters. The van der Waals surface area contributed by atoms with Crippen LogP contribution in [0.5, 0.6) is 0 Å². The van der Waals surface area contributed by atoms with Gasteiger partial charge in [-0.15, -0.1) is 0 Å². The van der Waals surface area contributed by atoms with Gasteiger partial charge in [0.25, 0.3) is 0 Å². The van der Waals surface area contributed by atoms with Gasteiger partial charge in [-0.05, 0) is 35.2 Å². The van der Waals surface area contributed by atoms with Crippen molar-refractivity contribution in [3.05, 3.63) is 101 Å². The smallest absolute Gasteiger partial charge is 0.238 e. The topological polar surface area (TPSA) is 83.6 Å². The molecule has 3 aromatic carbocycles. The Bertz CT molecular complexity index is 997. The molecule has 0 heterocycles. The molecular weight excluding hydrogens is 384 g/mol. The number of hydrogen-bond donors (Lipinski definition) is 2. The van der Waals surface area contributed by atoms with E-state index in [-0.39, 0.29) is 4.90 Å². The summed E-state index contributed by atoms with van der Waals surface area (Å²) in [6.45, 7) is 3.38. The van der Waals surface area contributed by atoms with Crippen molar-refractivity contribution in [3.63, 3.8) is 0 Å². The van der Waals surface area contributed by atoms with Crippen molar-refractivity contribution in [1.82, 2.24) is 4.90 Å². The van der Waals surface area contributed by atoms with Crippen molar-refractivity contribution >= 4 is 10.0 Å². The van der Waals surface area contributed by atoms with Crippen molar-refractivity contribution in [2.45, 2.75) is 31.0 Å². The highest BCUT2D eigenvalue weighted by Gasteiger charge is 2.18. The number of hydrogen-bond acceptors (Lipinski definition) is 4. The molecule has 0 saturated carbocycles. The van der Waals surface area contributed by atoms with E-state index < -0.39 is 16.1 Å². The van der Waals surface area contributed by atoms with Gasteiger partial charge in [0.1, 0.15) is 0 Å². The maximum absolute atomic E-state index is 11.8. The van der Waals surface area contributed by atoms with Gasteiger partial charge in [0, 0.05) is 19.6 Å². The third-order valence-electron chi connectivity index (χ3n) is 4.83. The summed E-state index contributed by atoms with van der Waals surface area (Å²) in [5, 5.41) is 16.2. The minimum absolute atomic E-state index is 0.0479. The van der Waals surface area contributed by atoms with Crippen molar-refractivity contribution in [2.24, 2.45) is 5.14 Å². The van der Waals surface area contributed by atoms with Crippen LogP contribution in [0.1, 0.15) is 28.4 Å². The van der Waals surface area contributed by atoms with Crippen LogP contribution in [-0.4, -0.2) is 25.0 Å². The van der Waals surface area contributed by atoms with Crippen LogP contribution in [0.15, 0.2) is 83.8 Å². The molecule has 5 nitrogen and oxygen atoms in total. The van der Waals surface area contributed by atoms with Gasteiger partial charge >= 0.3 is 0 Å². The van der Waals surface area contributed by atoms with E-state index in [2.05, 4.69) is 29.2 Å². The van der Waals surface area contributed by atoms with Crippen molar-refractivity contribution in [3.8, 4) is 0 Å². The fourth-order valence-corrected chi connectivity index (χ4v) is 4.17. The highest BCUT2D eigenvalue weighted by Crippen LogP contribution is 2.22. The molecule has 0 saturated heterocycles. The highest BCUT2D eigenvalue weighted by atomic mass is 32.2. The second-order valence-corrected chi connectivity index (χ2v) is 8.76. The van der Waals surface area contributed by atoms with Gasteiger partial charge in [0.2, 0.25) is 10.0 Å². The SMILES string of the molecule is Cc1ccc([C@H](O)CN(Cc2ccccc2)Cc2ccccc2)cc1S(N)(=O)=O. The first-order valence-corrected chi connectivity index (χ1v) is 11.0. The van der Waals surface area contributed by atoms with Gasteiger partial charge in [0.05, 0.1) is 11.0 Å². The average Bonchev–Trinajstić information content (AvgIpc) is 2.69. The molecule has 0 aliphatic carbocycles. The standard InChI is InChI=1S/C23H26N2O3S/c1-18-12-13-21(14-23(18)29(24,27)28)22(26)17-25(15-19-8-4-2-5-9-19)16-20-10-6-3-7-11-20/h2-14,22,26H,15-17H2,1H3,(H2,24,27,28)/t22-/m1/s1. The zero-order valence-corrected chi connectivity index (χ0v) is 17.2. The van der Waals surface area contributed by atoms with E-state index in [9.17, 15) is 13.5 Å². The van der Waals surface area contributed by atoms with E-state index in [4.69, 9.17) is 5.14 Å². The Hall–Kier alpha value is -2.51. The Morgan fingerprint density at radius 3 is 1.90 bits per heavy atom. The molecular formula is C23H26N2O3S. The Balaban J connectivity index is 1.83. The largest absolute Gasteiger partial charge is 0.387 e. The van der Waals surface area contributed by atoms with E-state index in [0.29, 0.717) is 30.8 Å².